The van der Waals surface area contributed by atoms with Crippen LogP contribution in [0.5, 0.6) is 0 Å². The first-order chi connectivity index (χ1) is 8.16. The highest BCUT2D eigenvalue weighted by Crippen LogP contribution is 2.19. The SMILES string of the molecule is CN(Cc1ccc(F)c(Cl)c1)C1CCNCC1. The smallest absolute Gasteiger partial charge is 0.141 e. The monoisotopic (exact) mass is 256 g/mol. The zero-order valence-corrected chi connectivity index (χ0v) is 10.8. The fraction of sp³-hybridized carbons (Fsp3) is 0.538. The van der Waals surface area contributed by atoms with Crippen molar-refractivity contribution in [1.29, 1.82) is 0 Å². The van der Waals surface area contributed by atoms with Crippen molar-refractivity contribution in [3.8, 4) is 0 Å². The molecule has 0 radical (unpaired) electrons. The molecule has 1 heterocycles. The van der Waals surface area contributed by atoms with Gasteiger partial charge in [-0.15, -0.1) is 0 Å². The zero-order chi connectivity index (χ0) is 12.3. The Bertz CT molecular complexity index is 378. The van der Waals surface area contributed by atoms with E-state index in [0.717, 1.165) is 25.2 Å². The van der Waals surface area contributed by atoms with Crippen LogP contribution in [0.2, 0.25) is 5.02 Å². The number of rotatable bonds is 3. The second kappa shape index (κ2) is 5.80. The van der Waals surface area contributed by atoms with Crippen molar-refractivity contribution in [2.45, 2.75) is 25.4 Å². The summed E-state index contributed by atoms with van der Waals surface area (Å²) in [5.41, 5.74) is 1.07. The highest BCUT2D eigenvalue weighted by Gasteiger charge is 2.17. The third-order valence-electron chi connectivity index (χ3n) is 3.35. The molecular formula is C13H18ClFN2. The van der Waals surface area contributed by atoms with Gasteiger partial charge in [0.05, 0.1) is 5.02 Å². The third kappa shape index (κ3) is 3.41. The summed E-state index contributed by atoms with van der Waals surface area (Å²) >= 11 is 5.78. The van der Waals surface area contributed by atoms with Crippen LogP contribution in [0.4, 0.5) is 4.39 Å². The van der Waals surface area contributed by atoms with E-state index in [1.807, 2.05) is 0 Å². The van der Waals surface area contributed by atoms with Crippen LogP contribution >= 0.6 is 11.6 Å². The molecule has 94 valence electrons. The van der Waals surface area contributed by atoms with Gasteiger partial charge in [-0.25, -0.2) is 4.39 Å². The number of nitrogens with zero attached hydrogens (tertiary/aromatic N) is 1. The Balaban J connectivity index is 1.96. The molecule has 1 aromatic rings. The molecule has 2 nitrogen and oxygen atoms in total. The molecule has 2 rings (SSSR count). The summed E-state index contributed by atoms with van der Waals surface area (Å²) in [5, 5.41) is 3.56. The summed E-state index contributed by atoms with van der Waals surface area (Å²) in [7, 11) is 2.12. The van der Waals surface area contributed by atoms with Gasteiger partial charge in [0, 0.05) is 12.6 Å². The van der Waals surface area contributed by atoms with Gasteiger partial charge in [-0.2, -0.15) is 0 Å². The summed E-state index contributed by atoms with van der Waals surface area (Å²) in [6.07, 6.45) is 2.34. The van der Waals surface area contributed by atoms with Crippen molar-refractivity contribution in [2.75, 3.05) is 20.1 Å². The van der Waals surface area contributed by atoms with E-state index < -0.39 is 0 Å². The lowest BCUT2D eigenvalue weighted by atomic mass is 10.0. The third-order valence-corrected chi connectivity index (χ3v) is 3.64. The van der Waals surface area contributed by atoms with Crippen LogP contribution in [0.25, 0.3) is 0 Å². The summed E-state index contributed by atoms with van der Waals surface area (Å²) in [6, 6.07) is 5.57. The average Bonchev–Trinajstić information content (AvgIpc) is 2.35. The predicted octanol–water partition coefficient (Wildman–Crippen LogP) is 2.66. The molecule has 1 N–H and O–H groups in total. The topological polar surface area (TPSA) is 15.3 Å². The fourth-order valence-corrected chi connectivity index (χ4v) is 2.51. The van der Waals surface area contributed by atoms with Gasteiger partial charge in [0.1, 0.15) is 5.82 Å². The molecule has 0 amide bonds. The van der Waals surface area contributed by atoms with E-state index >= 15 is 0 Å². The molecule has 0 aliphatic carbocycles. The molecule has 1 fully saturated rings. The Morgan fingerprint density at radius 2 is 2.12 bits per heavy atom. The van der Waals surface area contributed by atoms with Crippen LogP contribution in [0, 0.1) is 5.82 Å². The lowest BCUT2D eigenvalue weighted by molar-refractivity contribution is 0.192. The number of hydrogen-bond donors (Lipinski definition) is 1. The molecule has 1 aliphatic rings. The first kappa shape index (κ1) is 12.8. The van der Waals surface area contributed by atoms with E-state index in [0.29, 0.717) is 6.04 Å². The maximum absolute atomic E-state index is 13.0. The van der Waals surface area contributed by atoms with Crippen molar-refractivity contribution in [1.82, 2.24) is 10.2 Å². The lowest BCUT2D eigenvalue weighted by Crippen LogP contribution is -2.40. The van der Waals surface area contributed by atoms with Gasteiger partial charge < -0.3 is 5.32 Å². The Morgan fingerprint density at radius 3 is 2.76 bits per heavy atom. The first-order valence-corrected chi connectivity index (χ1v) is 6.39. The Morgan fingerprint density at radius 1 is 1.41 bits per heavy atom. The van der Waals surface area contributed by atoms with Gasteiger partial charge in [-0.1, -0.05) is 17.7 Å². The van der Waals surface area contributed by atoms with E-state index in [-0.39, 0.29) is 10.8 Å². The van der Waals surface area contributed by atoms with Crippen molar-refractivity contribution in [3.63, 3.8) is 0 Å². The molecule has 0 atom stereocenters. The summed E-state index contributed by atoms with van der Waals surface area (Å²) in [4.78, 5) is 2.32. The molecule has 0 unspecified atom stereocenters. The average molecular weight is 257 g/mol. The predicted molar refractivity (Wildman–Crippen MR) is 68.8 cm³/mol. The van der Waals surface area contributed by atoms with Gasteiger partial charge in [0.25, 0.3) is 0 Å². The minimum atomic E-state index is -0.347. The normalized spacial score (nSPS) is 17.6. The lowest BCUT2D eigenvalue weighted by Gasteiger charge is -2.31. The Labute approximate surface area is 107 Å². The second-order valence-electron chi connectivity index (χ2n) is 4.64. The van der Waals surface area contributed by atoms with Gasteiger partial charge >= 0.3 is 0 Å². The standard InChI is InChI=1S/C13H18ClFN2/c1-17(11-4-6-16-7-5-11)9-10-2-3-13(15)12(14)8-10/h2-3,8,11,16H,4-7,9H2,1H3. The number of hydrogen-bond acceptors (Lipinski definition) is 2. The number of nitrogens with one attached hydrogen (secondary N) is 1. The largest absolute Gasteiger partial charge is 0.317 e. The van der Waals surface area contributed by atoms with E-state index in [9.17, 15) is 4.39 Å². The van der Waals surface area contributed by atoms with Crippen molar-refractivity contribution < 1.29 is 4.39 Å². The molecule has 1 saturated heterocycles. The Hall–Kier alpha value is -0.640. The van der Waals surface area contributed by atoms with Crippen LogP contribution < -0.4 is 5.32 Å². The van der Waals surface area contributed by atoms with Gasteiger partial charge in [0.15, 0.2) is 0 Å². The molecule has 0 spiro atoms. The molecule has 0 bridgehead atoms. The quantitative estimate of drug-likeness (QED) is 0.895. The van der Waals surface area contributed by atoms with Crippen LogP contribution in [0.1, 0.15) is 18.4 Å². The molecule has 1 aliphatic heterocycles. The van der Waals surface area contributed by atoms with Gasteiger partial charge in [0.2, 0.25) is 0 Å². The number of piperidine rings is 1. The molecule has 4 heteroatoms. The maximum Gasteiger partial charge on any atom is 0.141 e. The molecular weight excluding hydrogens is 239 g/mol. The van der Waals surface area contributed by atoms with E-state index in [1.165, 1.54) is 18.9 Å². The van der Waals surface area contributed by atoms with Crippen LogP contribution in [0.15, 0.2) is 18.2 Å². The Kier molecular flexibility index (Phi) is 4.37. The van der Waals surface area contributed by atoms with Crippen LogP contribution in [-0.2, 0) is 6.54 Å². The van der Waals surface area contributed by atoms with Gasteiger partial charge in [-0.3, -0.25) is 4.90 Å². The zero-order valence-electron chi connectivity index (χ0n) is 10.0. The second-order valence-corrected chi connectivity index (χ2v) is 5.05. The highest BCUT2D eigenvalue weighted by molar-refractivity contribution is 6.30. The van der Waals surface area contributed by atoms with Crippen molar-refractivity contribution in [3.05, 3.63) is 34.6 Å². The molecule has 17 heavy (non-hydrogen) atoms. The number of halogens is 2. The van der Waals surface area contributed by atoms with E-state index in [2.05, 4.69) is 17.3 Å². The highest BCUT2D eigenvalue weighted by atomic mass is 35.5. The minimum Gasteiger partial charge on any atom is -0.317 e. The summed E-state index contributed by atoms with van der Waals surface area (Å²) < 4.78 is 13.0. The van der Waals surface area contributed by atoms with Crippen LogP contribution in [-0.4, -0.2) is 31.1 Å². The van der Waals surface area contributed by atoms with Crippen LogP contribution in [0.3, 0.4) is 0 Å². The number of benzene rings is 1. The summed E-state index contributed by atoms with van der Waals surface area (Å²) in [6.45, 7) is 2.99. The first-order valence-electron chi connectivity index (χ1n) is 6.01. The van der Waals surface area contributed by atoms with Crippen molar-refractivity contribution in [2.24, 2.45) is 0 Å². The molecule has 0 saturated carbocycles. The molecule has 0 aromatic heterocycles. The van der Waals surface area contributed by atoms with Gasteiger partial charge in [-0.05, 0) is 50.7 Å². The summed E-state index contributed by atoms with van der Waals surface area (Å²) in [5.74, 6) is -0.347. The molecule has 1 aromatic carbocycles. The van der Waals surface area contributed by atoms with Crippen molar-refractivity contribution >= 4 is 11.6 Å². The maximum atomic E-state index is 13.0. The van der Waals surface area contributed by atoms with E-state index in [1.54, 1.807) is 12.1 Å². The fourth-order valence-electron chi connectivity index (χ4n) is 2.30. The minimum absolute atomic E-state index is 0.209. The van der Waals surface area contributed by atoms with E-state index in [4.69, 9.17) is 11.6 Å².